The van der Waals surface area contributed by atoms with Gasteiger partial charge in [0.1, 0.15) is 11.4 Å². The van der Waals surface area contributed by atoms with Crippen molar-refractivity contribution in [1.29, 1.82) is 0 Å². The number of carbonyl (C=O) groups excluding carboxylic acids is 1. The van der Waals surface area contributed by atoms with Crippen molar-refractivity contribution in [2.24, 2.45) is 7.05 Å². The van der Waals surface area contributed by atoms with Crippen molar-refractivity contribution in [3.63, 3.8) is 0 Å². The van der Waals surface area contributed by atoms with Gasteiger partial charge < -0.3 is 9.30 Å². The lowest BCUT2D eigenvalue weighted by atomic mass is 10.2. The molecule has 94 valence electrons. The molecule has 0 unspecified atom stereocenters. The topological polar surface area (TPSA) is 56.2 Å². The number of carbonyl (C=O) groups is 1. The van der Waals surface area contributed by atoms with E-state index in [-0.39, 0.29) is 0 Å². The Morgan fingerprint density at radius 1 is 1.53 bits per heavy atom. The van der Waals surface area contributed by atoms with Crippen molar-refractivity contribution in [3.05, 3.63) is 12.0 Å². The van der Waals surface area contributed by atoms with Crippen LogP contribution in [0, 0.1) is 0 Å². The first-order valence-electron chi connectivity index (χ1n) is 5.88. The van der Waals surface area contributed by atoms with Crippen LogP contribution in [0.4, 0.5) is 10.6 Å². The molecule has 1 aromatic rings. The van der Waals surface area contributed by atoms with E-state index in [0.29, 0.717) is 11.7 Å². The third kappa shape index (κ3) is 3.22. The Hall–Kier alpha value is -1.52. The zero-order chi connectivity index (χ0) is 12.6. The van der Waals surface area contributed by atoms with Crippen LogP contribution in [0.5, 0.6) is 0 Å². The molecule has 0 saturated heterocycles. The molecule has 1 N–H and O–H groups in total. The van der Waals surface area contributed by atoms with E-state index in [1.54, 1.807) is 0 Å². The zero-order valence-electron chi connectivity index (χ0n) is 10.8. The summed E-state index contributed by atoms with van der Waals surface area (Å²) < 4.78 is 7.13. The van der Waals surface area contributed by atoms with Crippen LogP contribution in [0.1, 0.15) is 45.4 Å². The monoisotopic (exact) mass is 237 g/mol. The van der Waals surface area contributed by atoms with Crippen LogP contribution in [0.2, 0.25) is 0 Å². The lowest BCUT2D eigenvalue weighted by Crippen LogP contribution is -2.27. The molecule has 1 heterocycles. The predicted molar refractivity (Wildman–Crippen MR) is 65.0 cm³/mol. The molecule has 0 radical (unpaired) electrons. The lowest BCUT2D eigenvalue weighted by Gasteiger charge is -2.18. The fraction of sp³-hybridized carbons (Fsp3) is 0.667. The second-order valence-electron chi connectivity index (χ2n) is 5.50. The third-order valence-corrected chi connectivity index (χ3v) is 2.48. The van der Waals surface area contributed by atoms with Crippen LogP contribution in [0.15, 0.2) is 6.20 Å². The van der Waals surface area contributed by atoms with Crippen molar-refractivity contribution >= 4 is 11.9 Å². The highest BCUT2D eigenvalue weighted by Gasteiger charge is 2.28. The molecule has 1 aliphatic carbocycles. The first-order valence-corrected chi connectivity index (χ1v) is 5.88. The number of aromatic nitrogens is 2. The maximum absolute atomic E-state index is 11.6. The number of aryl methyl sites for hydroxylation is 1. The number of nitrogens with zero attached hydrogens (tertiary/aromatic N) is 2. The van der Waals surface area contributed by atoms with Gasteiger partial charge in [-0.15, -0.1) is 0 Å². The van der Waals surface area contributed by atoms with Gasteiger partial charge in [-0.25, -0.2) is 9.78 Å². The maximum atomic E-state index is 11.6. The van der Waals surface area contributed by atoms with E-state index < -0.39 is 11.7 Å². The minimum Gasteiger partial charge on any atom is -0.444 e. The first-order chi connectivity index (χ1) is 7.85. The number of rotatable bonds is 2. The van der Waals surface area contributed by atoms with Gasteiger partial charge in [-0.05, 0) is 33.6 Å². The minimum absolute atomic E-state index is 0.460. The molecule has 0 aliphatic heterocycles. The van der Waals surface area contributed by atoms with Crippen LogP contribution in [-0.2, 0) is 11.8 Å². The van der Waals surface area contributed by atoms with Gasteiger partial charge in [-0.2, -0.15) is 0 Å². The fourth-order valence-electron chi connectivity index (χ4n) is 1.67. The average molecular weight is 237 g/mol. The third-order valence-electron chi connectivity index (χ3n) is 2.48. The number of nitrogens with one attached hydrogen (secondary N) is 1. The number of hydrogen-bond donors (Lipinski definition) is 1. The Morgan fingerprint density at radius 3 is 2.71 bits per heavy atom. The highest BCUT2D eigenvalue weighted by Crippen LogP contribution is 2.39. The van der Waals surface area contributed by atoms with Crippen molar-refractivity contribution < 1.29 is 9.53 Å². The van der Waals surface area contributed by atoms with Crippen molar-refractivity contribution in [1.82, 2.24) is 9.55 Å². The SMILES string of the molecule is Cn1cc(NC(=O)OC(C)(C)C)nc1C1CC1. The van der Waals surface area contributed by atoms with Gasteiger partial charge in [0.25, 0.3) is 0 Å². The predicted octanol–water partition coefficient (Wildman–Crippen LogP) is 2.64. The van der Waals surface area contributed by atoms with Gasteiger partial charge in [0.15, 0.2) is 5.82 Å². The van der Waals surface area contributed by atoms with Crippen LogP contribution in [-0.4, -0.2) is 21.2 Å². The average Bonchev–Trinajstić information content (AvgIpc) is 2.89. The van der Waals surface area contributed by atoms with Crippen LogP contribution < -0.4 is 5.32 Å². The Balaban J connectivity index is 1.99. The quantitative estimate of drug-likeness (QED) is 0.860. The summed E-state index contributed by atoms with van der Waals surface area (Å²) in [5.41, 5.74) is -0.488. The molecule has 5 nitrogen and oxygen atoms in total. The van der Waals surface area contributed by atoms with Crippen LogP contribution in [0.25, 0.3) is 0 Å². The number of imidazole rings is 1. The van der Waals surface area contributed by atoms with Gasteiger partial charge in [-0.1, -0.05) is 0 Å². The highest BCUT2D eigenvalue weighted by molar-refractivity contribution is 5.83. The molecule has 1 aliphatic rings. The Bertz CT molecular complexity index is 427. The minimum atomic E-state index is -0.488. The van der Waals surface area contributed by atoms with Gasteiger partial charge in [-0.3, -0.25) is 5.32 Å². The molecule has 5 heteroatoms. The van der Waals surface area contributed by atoms with Gasteiger partial charge in [0, 0.05) is 19.2 Å². The molecule has 1 saturated carbocycles. The van der Waals surface area contributed by atoms with Crippen molar-refractivity contribution in [2.75, 3.05) is 5.32 Å². The number of amides is 1. The van der Waals surface area contributed by atoms with E-state index in [1.807, 2.05) is 38.6 Å². The molecule has 0 bridgehead atoms. The smallest absolute Gasteiger partial charge is 0.413 e. The molecule has 0 atom stereocenters. The molecule has 1 fully saturated rings. The molecule has 1 aromatic heterocycles. The summed E-state index contributed by atoms with van der Waals surface area (Å²) in [4.78, 5) is 15.9. The summed E-state index contributed by atoms with van der Waals surface area (Å²) in [5, 5.41) is 2.65. The number of hydrogen-bond acceptors (Lipinski definition) is 3. The lowest BCUT2D eigenvalue weighted by molar-refractivity contribution is 0.0635. The van der Waals surface area contributed by atoms with E-state index in [4.69, 9.17) is 4.74 Å². The van der Waals surface area contributed by atoms with Gasteiger partial charge in [0.2, 0.25) is 0 Å². The summed E-state index contributed by atoms with van der Waals surface area (Å²) in [5.74, 6) is 2.16. The fourth-order valence-corrected chi connectivity index (χ4v) is 1.67. The summed E-state index contributed by atoms with van der Waals surface area (Å²) in [6, 6.07) is 0. The number of anilines is 1. The Morgan fingerprint density at radius 2 is 2.18 bits per heavy atom. The second-order valence-corrected chi connectivity index (χ2v) is 5.50. The van der Waals surface area contributed by atoms with E-state index in [9.17, 15) is 4.79 Å². The van der Waals surface area contributed by atoms with E-state index in [2.05, 4.69) is 10.3 Å². The molecule has 17 heavy (non-hydrogen) atoms. The van der Waals surface area contributed by atoms with E-state index in [1.165, 1.54) is 12.8 Å². The maximum Gasteiger partial charge on any atom is 0.413 e. The van der Waals surface area contributed by atoms with E-state index >= 15 is 0 Å². The van der Waals surface area contributed by atoms with Gasteiger partial charge in [0.05, 0.1) is 0 Å². The Kier molecular flexibility index (Phi) is 2.85. The zero-order valence-corrected chi connectivity index (χ0v) is 10.8. The largest absolute Gasteiger partial charge is 0.444 e. The van der Waals surface area contributed by atoms with Crippen LogP contribution >= 0.6 is 0 Å². The molecular weight excluding hydrogens is 218 g/mol. The second kappa shape index (κ2) is 4.05. The molecule has 0 spiro atoms. The normalized spacial score (nSPS) is 15.8. The summed E-state index contributed by atoms with van der Waals surface area (Å²) in [7, 11) is 1.95. The highest BCUT2D eigenvalue weighted by atomic mass is 16.6. The molecule has 1 amide bonds. The first kappa shape index (κ1) is 12.0. The number of ether oxygens (including phenoxy) is 1. The molecular formula is C12H19N3O2. The molecule has 0 aromatic carbocycles. The van der Waals surface area contributed by atoms with Gasteiger partial charge >= 0.3 is 6.09 Å². The summed E-state index contributed by atoms with van der Waals surface area (Å²) in [6.07, 6.45) is 3.74. The Labute approximate surface area is 101 Å². The van der Waals surface area contributed by atoms with Crippen molar-refractivity contribution in [2.45, 2.75) is 45.1 Å². The van der Waals surface area contributed by atoms with Crippen LogP contribution in [0.3, 0.4) is 0 Å². The summed E-state index contributed by atoms with van der Waals surface area (Å²) in [6.45, 7) is 5.50. The molecule has 2 rings (SSSR count). The van der Waals surface area contributed by atoms with E-state index in [0.717, 1.165) is 5.82 Å². The summed E-state index contributed by atoms with van der Waals surface area (Å²) >= 11 is 0. The standard InChI is InChI=1S/C12H19N3O2/c1-12(2,3)17-11(16)14-9-7-15(4)10(13-9)8-5-6-8/h7-8H,5-6H2,1-4H3,(H,14,16). The van der Waals surface area contributed by atoms with Crippen molar-refractivity contribution in [3.8, 4) is 0 Å².